The van der Waals surface area contributed by atoms with E-state index in [0.29, 0.717) is 0 Å². The SMILES string of the molecule is C/C(=C(\F)C(=O)Nc1ccc(-c2ccccc2S(=O)ON)cc1C(F)(F)F)c1cccc(C(=N)N)c1. The fourth-order valence-corrected chi connectivity index (χ4v) is 4.01. The highest BCUT2D eigenvalue weighted by atomic mass is 32.2. The monoisotopic (exact) mass is 520 g/mol. The maximum Gasteiger partial charge on any atom is 0.418 e. The number of amides is 1. The third kappa shape index (κ3) is 5.85. The van der Waals surface area contributed by atoms with Crippen molar-refractivity contribution in [2.75, 3.05) is 5.32 Å². The van der Waals surface area contributed by atoms with Crippen LogP contribution >= 0.6 is 0 Å². The minimum Gasteiger partial charge on any atom is -0.384 e. The topological polar surface area (TPSA) is 131 Å². The van der Waals surface area contributed by atoms with E-state index in [0.717, 1.165) is 12.1 Å². The second-order valence-corrected chi connectivity index (χ2v) is 8.57. The van der Waals surface area contributed by atoms with E-state index in [-0.39, 0.29) is 38.6 Å². The van der Waals surface area contributed by atoms with Gasteiger partial charge in [-0.3, -0.25) is 10.2 Å². The molecule has 0 fully saturated rings. The van der Waals surface area contributed by atoms with E-state index in [1.54, 1.807) is 0 Å². The van der Waals surface area contributed by atoms with Gasteiger partial charge in [-0.1, -0.05) is 42.5 Å². The number of halogens is 4. The van der Waals surface area contributed by atoms with E-state index in [9.17, 15) is 26.6 Å². The first-order valence-electron chi connectivity index (χ1n) is 10.2. The smallest absolute Gasteiger partial charge is 0.384 e. The molecule has 0 saturated heterocycles. The van der Waals surface area contributed by atoms with Gasteiger partial charge in [-0.2, -0.15) is 23.4 Å². The number of allylic oxidation sites excluding steroid dienone is 1. The molecule has 0 bridgehead atoms. The first-order valence-corrected chi connectivity index (χ1v) is 11.2. The Hall–Kier alpha value is -3.87. The average molecular weight is 521 g/mol. The number of amidine groups is 1. The molecule has 1 atom stereocenters. The minimum atomic E-state index is -4.91. The van der Waals surface area contributed by atoms with Gasteiger partial charge in [0.05, 0.1) is 16.1 Å². The molecule has 0 radical (unpaired) electrons. The first-order chi connectivity index (χ1) is 16.9. The van der Waals surface area contributed by atoms with Gasteiger partial charge in [-0.05, 0) is 47.9 Å². The van der Waals surface area contributed by atoms with Gasteiger partial charge in [0.25, 0.3) is 5.91 Å². The summed E-state index contributed by atoms with van der Waals surface area (Å²) in [7, 11) is 0. The number of rotatable bonds is 7. The number of carbonyl (C=O) groups is 1. The Balaban J connectivity index is 2.01. The molecule has 188 valence electrons. The second kappa shape index (κ2) is 10.8. The van der Waals surface area contributed by atoms with Crippen molar-refractivity contribution in [1.29, 1.82) is 5.41 Å². The maximum atomic E-state index is 14.9. The van der Waals surface area contributed by atoms with Crippen LogP contribution in [0.25, 0.3) is 16.7 Å². The third-order valence-corrected chi connectivity index (χ3v) is 6.06. The lowest BCUT2D eigenvalue weighted by Gasteiger charge is -2.16. The number of hydrogen-bond acceptors (Lipinski definition) is 5. The highest BCUT2D eigenvalue weighted by Crippen LogP contribution is 2.39. The van der Waals surface area contributed by atoms with E-state index < -0.39 is 40.2 Å². The summed E-state index contributed by atoms with van der Waals surface area (Å²) in [5.74, 6) is 1.99. The first kappa shape index (κ1) is 26.7. The highest BCUT2D eigenvalue weighted by Gasteiger charge is 2.35. The van der Waals surface area contributed by atoms with Crippen molar-refractivity contribution in [3.63, 3.8) is 0 Å². The van der Waals surface area contributed by atoms with Gasteiger partial charge in [0.1, 0.15) is 5.84 Å². The molecule has 3 rings (SSSR count). The van der Waals surface area contributed by atoms with Crippen LogP contribution in [0.5, 0.6) is 0 Å². The molecule has 36 heavy (non-hydrogen) atoms. The summed E-state index contributed by atoms with van der Waals surface area (Å²) < 4.78 is 72.8. The zero-order chi connectivity index (χ0) is 26.6. The molecule has 0 aliphatic rings. The molecule has 7 nitrogen and oxygen atoms in total. The van der Waals surface area contributed by atoms with Crippen LogP contribution in [0.3, 0.4) is 0 Å². The molecule has 12 heteroatoms. The summed E-state index contributed by atoms with van der Waals surface area (Å²) in [6.07, 6.45) is -4.91. The molecule has 6 N–H and O–H groups in total. The molecule has 0 spiro atoms. The maximum absolute atomic E-state index is 14.9. The highest BCUT2D eigenvalue weighted by molar-refractivity contribution is 7.80. The largest absolute Gasteiger partial charge is 0.418 e. The van der Waals surface area contributed by atoms with Crippen molar-refractivity contribution in [2.24, 2.45) is 11.6 Å². The van der Waals surface area contributed by atoms with Gasteiger partial charge in [-0.25, -0.2) is 8.60 Å². The zero-order valence-corrected chi connectivity index (χ0v) is 19.5. The Kier molecular flexibility index (Phi) is 8.03. The van der Waals surface area contributed by atoms with E-state index in [4.69, 9.17) is 17.0 Å². The Bertz CT molecular complexity index is 1390. The summed E-state index contributed by atoms with van der Waals surface area (Å²) in [5, 5.41) is 9.44. The van der Waals surface area contributed by atoms with Crippen LogP contribution in [0.4, 0.5) is 23.2 Å². The third-order valence-electron chi connectivity index (χ3n) is 5.17. The average Bonchev–Trinajstić information content (AvgIpc) is 2.86. The number of alkyl halides is 3. The number of nitrogens with two attached hydrogens (primary N) is 2. The lowest BCUT2D eigenvalue weighted by atomic mass is 10.0. The van der Waals surface area contributed by atoms with Gasteiger partial charge in [0.2, 0.25) is 11.1 Å². The normalized spacial score (nSPS) is 13.1. The van der Waals surface area contributed by atoms with Crippen molar-refractivity contribution >= 4 is 34.1 Å². The van der Waals surface area contributed by atoms with Crippen LogP contribution < -0.4 is 16.9 Å². The molecule has 1 unspecified atom stereocenters. The Morgan fingerprint density at radius 1 is 1.03 bits per heavy atom. The van der Waals surface area contributed by atoms with Crippen LogP contribution in [-0.2, 0) is 26.3 Å². The van der Waals surface area contributed by atoms with Crippen molar-refractivity contribution in [2.45, 2.75) is 18.0 Å². The molecule has 1 amide bonds. The zero-order valence-electron chi connectivity index (χ0n) is 18.7. The summed E-state index contributed by atoms with van der Waals surface area (Å²) in [6, 6.07) is 14.7. The Morgan fingerprint density at radius 3 is 2.33 bits per heavy atom. The van der Waals surface area contributed by atoms with Crippen molar-refractivity contribution in [1.82, 2.24) is 0 Å². The van der Waals surface area contributed by atoms with E-state index in [1.807, 2.05) is 5.32 Å². The lowest BCUT2D eigenvalue weighted by Crippen LogP contribution is -2.18. The van der Waals surface area contributed by atoms with Crippen LogP contribution in [0.15, 0.2) is 77.5 Å². The van der Waals surface area contributed by atoms with Gasteiger partial charge in [-0.15, -0.1) is 0 Å². The quantitative estimate of drug-likeness (QED) is 0.116. The van der Waals surface area contributed by atoms with Crippen molar-refractivity contribution in [3.8, 4) is 11.1 Å². The van der Waals surface area contributed by atoms with E-state index >= 15 is 0 Å². The summed E-state index contributed by atoms with van der Waals surface area (Å²) in [5.41, 5.74) is 4.06. The minimum absolute atomic E-state index is 0.0227. The van der Waals surface area contributed by atoms with E-state index in [2.05, 4.69) is 4.28 Å². The van der Waals surface area contributed by atoms with Gasteiger partial charge in [0, 0.05) is 11.1 Å². The predicted octanol–water partition coefficient (Wildman–Crippen LogP) is 4.91. The number of carbonyl (C=O) groups excluding carboxylic acids is 1. The molecule has 0 aliphatic carbocycles. The van der Waals surface area contributed by atoms with Crippen LogP contribution in [-0.4, -0.2) is 16.0 Å². The number of nitrogen functional groups attached to an aromatic ring is 1. The second-order valence-electron chi connectivity index (χ2n) is 7.47. The standard InChI is InChI=1S/C24H20F4N4O3S/c1-13(14-5-4-6-16(11-14)22(29)30)21(25)23(33)32-19-10-9-15(12-18(19)24(26,27)28)17-7-2-3-8-20(17)36(34)35-31/h2-12H,31H2,1H3,(H3,29,30)(H,32,33)/b21-13+. The van der Waals surface area contributed by atoms with Crippen LogP contribution in [0.1, 0.15) is 23.6 Å². The van der Waals surface area contributed by atoms with Gasteiger partial charge >= 0.3 is 6.18 Å². The summed E-state index contributed by atoms with van der Waals surface area (Å²) in [6.45, 7) is 1.28. The van der Waals surface area contributed by atoms with E-state index in [1.165, 1.54) is 61.5 Å². The molecular formula is C24H20F4N4O3S. The molecular weight excluding hydrogens is 500 g/mol. The van der Waals surface area contributed by atoms with Crippen molar-refractivity contribution in [3.05, 3.63) is 89.2 Å². The lowest BCUT2D eigenvalue weighted by molar-refractivity contribution is -0.136. The molecule has 3 aromatic carbocycles. The summed E-state index contributed by atoms with van der Waals surface area (Å²) in [4.78, 5) is 12.6. The number of nitrogens with one attached hydrogen (secondary N) is 2. The molecule has 0 aliphatic heterocycles. The summed E-state index contributed by atoms with van der Waals surface area (Å²) >= 11 is -2.13. The van der Waals surface area contributed by atoms with Gasteiger partial charge in [0.15, 0.2) is 5.83 Å². The number of hydrogen-bond donors (Lipinski definition) is 4. The van der Waals surface area contributed by atoms with Gasteiger partial charge < -0.3 is 11.1 Å². The number of benzene rings is 3. The fourth-order valence-electron chi connectivity index (χ4n) is 3.35. The van der Waals surface area contributed by atoms with Crippen molar-refractivity contribution < 1.29 is 30.8 Å². The van der Waals surface area contributed by atoms with Crippen LogP contribution in [0, 0.1) is 5.41 Å². The molecule has 0 aromatic heterocycles. The number of anilines is 1. The molecule has 0 saturated carbocycles. The van der Waals surface area contributed by atoms with Crippen LogP contribution in [0.2, 0.25) is 0 Å². The molecule has 0 heterocycles. The fraction of sp³-hybridized carbons (Fsp3) is 0.0833. The Morgan fingerprint density at radius 2 is 1.69 bits per heavy atom. The predicted molar refractivity (Wildman–Crippen MR) is 128 cm³/mol. The molecule has 3 aromatic rings. The Labute approximate surface area is 205 Å².